The molecular weight excluding hydrogens is 264 g/mol. The highest BCUT2D eigenvalue weighted by Gasteiger charge is 2.02. The number of nitrogens with zero attached hydrogens (tertiary/aromatic N) is 1. The average Bonchev–Trinajstić information content (AvgIpc) is 2.42. The Bertz CT molecular complexity index is 588. The molecule has 0 aliphatic carbocycles. The molecule has 0 spiro atoms. The Balaban J connectivity index is 2.20. The van der Waals surface area contributed by atoms with E-state index in [9.17, 15) is 0 Å². The molecule has 0 bridgehead atoms. The van der Waals surface area contributed by atoms with E-state index >= 15 is 0 Å². The molecule has 0 radical (unpaired) electrons. The first-order chi connectivity index (χ1) is 8.72. The Labute approximate surface area is 116 Å². The normalized spacial score (nSPS) is 9.83. The summed E-state index contributed by atoms with van der Waals surface area (Å²) in [6.07, 6.45) is 2.04. The van der Waals surface area contributed by atoms with Crippen LogP contribution in [0, 0.1) is 11.3 Å². The van der Waals surface area contributed by atoms with Gasteiger partial charge in [-0.25, -0.2) is 0 Å². The quantitative estimate of drug-likeness (QED) is 0.826. The minimum absolute atomic E-state index is 0.544. The Morgan fingerprint density at radius 3 is 2.44 bits per heavy atom. The number of nitrogens with one attached hydrogen (secondary N) is 1. The van der Waals surface area contributed by atoms with Gasteiger partial charge >= 0.3 is 0 Å². The molecule has 90 valence electrons. The highest BCUT2D eigenvalue weighted by Crippen LogP contribution is 2.27. The van der Waals surface area contributed by atoms with Crippen LogP contribution in [0.15, 0.2) is 47.4 Å². The Morgan fingerprint density at radius 1 is 1.17 bits per heavy atom. The summed E-state index contributed by atoms with van der Waals surface area (Å²) in [6.45, 7) is 0. The number of rotatable bonds is 3. The van der Waals surface area contributed by atoms with E-state index in [4.69, 9.17) is 16.9 Å². The third kappa shape index (κ3) is 2.98. The van der Waals surface area contributed by atoms with E-state index < -0.39 is 0 Å². The summed E-state index contributed by atoms with van der Waals surface area (Å²) in [5.74, 6) is 0. The van der Waals surface area contributed by atoms with Crippen molar-refractivity contribution in [2.24, 2.45) is 0 Å². The third-order valence-corrected chi connectivity index (χ3v) is 3.52. The second kappa shape index (κ2) is 5.81. The van der Waals surface area contributed by atoms with Gasteiger partial charge < -0.3 is 5.32 Å². The van der Waals surface area contributed by atoms with Gasteiger partial charge in [0.15, 0.2) is 0 Å². The minimum atomic E-state index is 0.544. The highest BCUT2D eigenvalue weighted by atomic mass is 35.5. The lowest BCUT2D eigenvalue weighted by Gasteiger charge is -2.09. The molecule has 0 aliphatic heterocycles. The summed E-state index contributed by atoms with van der Waals surface area (Å²) in [6, 6.07) is 15.4. The standard InChI is InChI=1S/C14H11ClN2S/c1-18-12-5-3-11(4-6-12)17-14-7-2-10(9-16)8-13(14)15/h2-8,17H,1H3. The van der Waals surface area contributed by atoms with Gasteiger partial charge in [0.1, 0.15) is 0 Å². The zero-order chi connectivity index (χ0) is 13.0. The molecule has 2 aromatic carbocycles. The van der Waals surface area contributed by atoms with Crippen molar-refractivity contribution in [2.45, 2.75) is 4.90 Å². The van der Waals surface area contributed by atoms with Crippen LogP contribution in [-0.2, 0) is 0 Å². The van der Waals surface area contributed by atoms with Crippen LogP contribution in [0.4, 0.5) is 11.4 Å². The fraction of sp³-hybridized carbons (Fsp3) is 0.0714. The van der Waals surface area contributed by atoms with Crippen molar-refractivity contribution in [3.8, 4) is 6.07 Å². The predicted molar refractivity (Wildman–Crippen MR) is 77.7 cm³/mol. The molecule has 0 saturated heterocycles. The van der Waals surface area contributed by atoms with Crippen LogP contribution in [0.5, 0.6) is 0 Å². The highest BCUT2D eigenvalue weighted by molar-refractivity contribution is 7.98. The number of hydrogen-bond acceptors (Lipinski definition) is 3. The number of thioether (sulfide) groups is 1. The molecule has 0 unspecified atom stereocenters. The molecule has 0 aliphatic rings. The topological polar surface area (TPSA) is 35.8 Å². The number of hydrogen-bond donors (Lipinski definition) is 1. The maximum atomic E-state index is 8.77. The van der Waals surface area contributed by atoms with Crippen molar-refractivity contribution in [2.75, 3.05) is 11.6 Å². The van der Waals surface area contributed by atoms with Gasteiger partial charge in [-0.2, -0.15) is 5.26 Å². The summed E-state index contributed by atoms with van der Waals surface area (Å²) in [7, 11) is 0. The lowest BCUT2D eigenvalue weighted by molar-refractivity contribution is 1.44. The van der Waals surface area contributed by atoms with Crippen molar-refractivity contribution in [1.29, 1.82) is 5.26 Å². The summed E-state index contributed by atoms with van der Waals surface area (Å²) in [5.41, 5.74) is 2.33. The molecule has 4 heteroatoms. The van der Waals surface area contributed by atoms with Crippen molar-refractivity contribution < 1.29 is 0 Å². The fourth-order valence-electron chi connectivity index (χ4n) is 1.52. The summed E-state index contributed by atoms with van der Waals surface area (Å²) >= 11 is 7.80. The second-order valence-corrected chi connectivity index (χ2v) is 4.95. The van der Waals surface area contributed by atoms with Gasteiger partial charge in [-0.1, -0.05) is 11.6 Å². The number of anilines is 2. The van der Waals surface area contributed by atoms with Crippen LogP contribution in [0.2, 0.25) is 5.02 Å². The van der Waals surface area contributed by atoms with Crippen LogP contribution in [-0.4, -0.2) is 6.26 Å². The first kappa shape index (κ1) is 12.8. The third-order valence-electron chi connectivity index (χ3n) is 2.47. The van der Waals surface area contributed by atoms with Gasteiger partial charge in [-0.05, 0) is 48.7 Å². The van der Waals surface area contributed by atoms with E-state index in [2.05, 4.69) is 11.4 Å². The Kier molecular flexibility index (Phi) is 4.14. The molecule has 2 aromatic rings. The van der Waals surface area contributed by atoms with E-state index in [1.54, 1.807) is 23.9 Å². The SMILES string of the molecule is CSc1ccc(Nc2ccc(C#N)cc2Cl)cc1. The maximum Gasteiger partial charge on any atom is 0.0992 e. The molecule has 0 aromatic heterocycles. The molecule has 2 rings (SSSR count). The lowest BCUT2D eigenvalue weighted by atomic mass is 10.2. The first-order valence-corrected chi connectivity index (χ1v) is 6.94. The predicted octanol–water partition coefficient (Wildman–Crippen LogP) is 4.68. The summed E-state index contributed by atoms with van der Waals surface area (Å²) < 4.78 is 0. The van der Waals surface area contributed by atoms with Crippen LogP contribution < -0.4 is 5.32 Å². The molecule has 0 saturated carbocycles. The maximum absolute atomic E-state index is 8.77. The fourth-order valence-corrected chi connectivity index (χ4v) is 2.15. The number of nitriles is 1. The van der Waals surface area contributed by atoms with Gasteiger partial charge in [-0.3, -0.25) is 0 Å². The molecule has 0 heterocycles. The van der Waals surface area contributed by atoms with Gasteiger partial charge in [0, 0.05) is 10.6 Å². The van der Waals surface area contributed by atoms with Crippen LogP contribution >= 0.6 is 23.4 Å². The summed E-state index contributed by atoms with van der Waals surface area (Å²) in [5, 5.41) is 12.5. The van der Waals surface area contributed by atoms with Crippen LogP contribution in [0.3, 0.4) is 0 Å². The molecule has 18 heavy (non-hydrogen) atoms. The van der Waals surface area contributed by atoms with E-state index in [1.165, 1.54) is 4.90 Å². The van der Waals surface area contributed by atoms with E-state index in [-0.39, 0.29) is 0 Å². The monoisotopic (exact) mass is 274 g/mol. The molecule has 0 atom stereocenters. The van der Waals surface area contributed by atoms with Crippen molar-refractivity contribution in [3.63, 3.8) is 0 Å². The molecule has 0 fully saturated rings. The smallest absolute Gasteiger partial charge is 0.0992 e. The van der Waals surface area contributed by atoms with E-state index in [1.807, 2.05) is 36.6 Å². The van der Waals surface area contributed by atoms with Gasteiger partial charge in [0.2, 0.25) is 0 Å². The first-order valence-electron chi connectivity index (χ1n) is 5.33. The minimum Gasteiger partial charge on any atom is -0.354 e. The average molecular weight is 275 g/mol. The number of benzene rings is 2. The van der Waals surface area contributed by atoms with Crippen molar-refractivity contribution in [3.05, 3.63) is 53.1 Å². The zero-order valence-corrected chi connectivity index (χ0v) is 11.3. The lowest BCUT2D eigenvalue weighted by Crippen LogP contribution is -1.91. The van der Waals surface area contributed by atoms with Crippen LogP contribution in [0.25, 0.3) is 0 Å². The van der Waals surface area contributed by atoms with Gasteiger partial charge in [0.25, 0.3) is 0 Å². The number of halogens is 1. The molecule has 0 amide bonds. The molecule has 1 N–H and O–H groups in total. The van der Waals surface area contributed by atoms with Gasteiger partial charge in [-0.15, -0.1) is 11.8 Å². The molecular formula is C14H11ClN2S. The Morgan fingerprint density at radius 2 is 1.89 bits per heavy atom. The molecule has 2 nitrogen and oxygen atoms in total. The van der Waals surface area contributed by atoms with E-state index in [0.717, 1.165) is 11.4 Å². The van der Waals surface area contributed by atoms with Crippen LogP contribution in [0.1, 0.15) is 5.56 Å². The largest absolute Gasteiger partial charge is 0.354 e. The van der Waals surface area contributed by atoms with E-state index in [0.29, 0.717) is 10.6 Å². The van der Waals surface area contributed by atoms with Gasteiger partial charge in [0.05, 0.1) is 22.3 Å². The van der Waals surface area contributed by atoms with Crippen molar-refractivity contribution >= 4 is 34.7 Å². The van der Waals surface area contributed by atoms with Crippen molar-refractivity contribution in [1.82, 2.24) is 0 Å². The summed E-state index contributed by atoms with van der Waals surface area (Å²) in [4.78, 5) is 1.21. The second-order valence-electron chi connectivity index (χ2n) is 3.66. The Hall–Kier alpha value is -1.63. The zero-order valence-electron chi connectivity index (χ0n) is 9.77.